The van der Waals surface area contributed by atoms with E-state index < -0.39 is 0 Å². The van der Waals surface area contributed by atoms with Crippen molar-refractivity contribution in [1.29, 1.82) is 0 Å². The molecule has 0 heterocycles. The summed E-state index contributed by atoms with van der Waals surface area (Å²) in [5, 5.41) is 2.58. The first kappa shape index (κ1) is 13.3. The highest BCUT2D eigenvalue weighted by atomic mass is 16.1. The van der Waals surface area contributed by atoms with Gasteiger partial charge in [0, 0.05) is 30.2 Å². The summed E-state index contributed by atoms with van der Waals surface area (Å²) in [5.41, 5.74) is 4.21. The highest BCUT2D eigenvalue weighted by molar-refractivity contribution is 6.15. The van der Waals surface area contributed by atoms with Gasteiger partial charge in [0.05, 0.1) is 0 Å². The molecule has 0 bridgehead atoms. The lowest BCUT2D eigenvalue weighted by Gasteiger charge is -2.01. The number of hydrogen-bond donors (Lipinski definition) is 1. The molecule has 1 N–H and O–H groups in total. The van der Waals surface area contributed by atoms with Crippen molar-refractivity contribution in [3.63, 3.8) is 0 Å². The lowest BCUT2D eigenvalue weighted by Crippen LogP contribution is -2.17. The SMILES string of the molecule is CNC(=O)c1ccc(/C=C2/Cc3ccccc3C2=O)cc1. The van der Waals surface area contributed by atoms with E-state index >= 15 is 0 Å². The Morgan fingerprint density at radius 3 is 2.48 bits per heavy atom. The molecule has 2 aromatic carbocycles. The van der Waals surface area contributed by atoms with E-state index in [1.165, 1.54) is 0 Å². The van der Waals surface area contributed by atoms with Crippen LogP contribution in [0.5, 0.6) is 0 Å². The van der Waals surface area contributed by atoms with E-state index in [1.807, 2.05) is 42.5 Å². The van der Waals surface area contributed by atoms with Crippen molar-refractivity contribution in [3.05, 3.63) is 76.4 Å². The standard InChI is InChI=1S/C18H15NO2/c1-19-18(21)13-8-6-12(7-9-13)10-15-11-14-4-2-3-5-16(14)17(15)20/h2-10H,11H2,1H3,(H,19,21)/b15-10-. The topological polar surface area (TPSA) is 46.2 Å². The highest BCUT2D eigenvalue weighted by Gasteiger charge is 2.23. The monoisotopic (exact) mass is 277 g/mol. The zero-order valence-corrected chi connectivity index (χ0v) is 11.7. The molecule has 1 amide bonds. The normalized spacial score (nSPS) is 15.1. The summed E-state index contributed by atoms with van der Waals surface area (Å²) in [5.74, 6) is -0.0143. The molecule has 0 unspecified atom stereocenters. The number of hydrogen-bond acceptors (Lipinski definition) is 2. The number of allylic oxidation sites excluding steroid dienone is 1. The molecule has 0 aromatic heterocycles. The third-order valence-corrected chi connectivity index (χ3v) is 3.68. The summed E-state index contributed by atoms with van der Waals surface area (Å²) in [6, 6.07) is 14.9. The fourth-order valence-corrected chi connectivity index (χ4v) is 2.55. The molecule has 1 aliphatic carbocycles. The molecule has 3 heteroatoms. The number of benzene rings is 2. The minimum atomic E-state index is -0.112. The second-order valence-corrected chi connectivity index (χ2v) is 5.03. The van der Waals surface area contributed by atoms with Crippen LogP contribution in [-0.4, -0.2) is 18.7 Å². The van der Waals surface area contributed by atoms with Crippen LogP contribution in [0.15, 0.2) is 54.1 Å². The molecule has 0 fully saturated rings. The van der Waals surface area contributed by atoms with Crippen LogP contribution in [-0.2, 0) is 6.42 Å². The van der Waals surface area contributed by atoms with Crippen molar-refractivity contribution in [2.24, 2.45) is 0 Å². The fourth-order valence-electron chi connectivity index (χ4n) is 2.55. The molecule has 0 saturated heterocycles. The van der Waals surface area contributed by atoms with Crippen LogP contribution in [0.1, 0.15) is 31.8 Å². The van der Waals surface area contributed by atoms with E-state index in [2.05, 4.69) is 5.32 Å². The smallest absolute Gasteiger partial charge is 0.251 e. The molecule has 0 atom stereocenters. The van der Waals surface area contributed by atoms with Crippen molar-refractivity contribution in [2.45, 2.75) is 6.42 Å². The van der Waals surface area contributed by atoms with Crippen LogP contribution in [0.25, 0.3) is 6.08 Å². The van der Waals surface area contributed by atoms with Crippen LogP contribution in [0.2, 0.25) is 0 Å². The molecule has 0 saturated carbocycles. The van der Waals surface area contributed by atoms with Gasteiger partial charge in [-0.15, -0.1) is 0 Å². The Morgan fingerprint density at radius 1 is 1.10 bits per heavy atom. The van der Waals surface area contributed by atoms with Crippen molar-refractivity contribution in [1.82, 2.24) is 5.32 Å². The van der Waals surface area contributed by atoms with Crippen molar-refractivity contribution in [3.8, 4) is 0 Å². The minimum Gasteiger partial charge on any atom is -0.355 e. The van der Waals surface area contributed by atoms with Gasteiger partial charge in [-0.1, -0.05) is 36.4 Å². The van der Waals surface area contributed by atoms with E-state index in [0.717, 1.165) is 22.3 Å². The zero-order valence-electron chi connectivity index (χ0n) is 11.7. The molecular formula is C18H15NO2. The minimum absolute atomic E-state index is 0.0981. The Kier molecular flexibility index (Phi) is 3.40. The second-order valence-electron chi connectivity index (χ2n) is 5.03. The summed E-state index contributed by atoms with van der Waals surface area (Å²) in [7, 11) is 1.60. The summed E-state index contributed by atoms with van der Waals surface area (Å²) in [6.07, 6.45) is 2.57. The van der Waals surface area contributed by atoms with Crippen LogP contribution >= 0.6 is 0 Å². The first-order valence-corrected chi connectivity index (χ1v) is 6.84. The maximum absolute atomic E-state index is 12.3. The molecular weight excluding hydrogens is 262 g/mol. The molecule has 3 nitrogen and oxygen atoms in total. The van der Waals surface area contributed by atoms with Gasteiger partial charge in [0.25, 0.3) is 5.91 Å². The largest absolute Gasteiger partial charge is 0.355 e. The number of nitrogens with one attached hydrogen (secondary N) is 1. The average molecular weight is 277 g/mol. The molecule has 1 aliphatic rings. The molecule has 0 radical (unpaired) electrons. The average Bonchev–Trinajstić information content (AvgIpc) is 2.84. The van der Waals surface area contributed by atoms with E-state index in [1.54, 1.807) is 19.2 Å². The quantitative estimate of drug-likeness (QED) is 0.858. The van der Waals surface area contributed by atoms with Gasteiger partial charge in [0.15, 0.2) is 5.78 Å². The van der Waals surface area contributed by atoms with Crippen LogP contribution in [0, 0.1) is 0 Å². The van der Waals surface area contributed by atoms with Crippen molar-refractivity contribution < 1.29 is 9.59 Å². The van der Waals surface area contributed by atoms with E-state index in [0.29, 0.717) is 12.0 Å². The van der Waals surface area contributed by atoms with Crippen molar-refractivity contribution in [2.75, 3.05) is 7.05 Å². The summed E-state index contributed by atoms with van der Waals surface area (Å²) >= 11 is 0. The van der Waals surface area contributed by atoms with Gasteiger partial charge in [0.2, 0.25) is 0 Å². The van der Waals surface area contributed by atoms with Gasteiger partial charge in [-0.25, -0.2) is 0 Å². The van der Waals surface area contributed by atoms with Crippen LogP contribution in [0.3, 0.4) is 0 Å². The number of fused-ring (bicyclic) bond motifs is 1. The Labute approximate surface area is 123 Å². The number of rotatable bonds is 2. The molecule has 21 heavy (non-hydrogen) atoms. The van der Waals surface area contributed by atoms with Gasteiger partial charge in [-0.2, -0.15) is 0 Å². The van der Waals surface area contributed by atoms with Crippen LogP contribution in [0.4, 0.5) is 0 Å². The maximum atomic E-state index is 12.3. The van der Waals surface area contributed by atoms with E-state index in [9.17, 15) is 9.59 Å². The number of amides is 1. The van der Waals surface area contributed by atoms with Gasteiger partial charge in [0.1, 0.15) is 0 Å². The number of Topliss-reactive ketones (excluding diaryl/α,β-unsaturated/α-hetero) is 1. The van der Waals surface area contributed by atoms with Crippen LogP contribution < -0.4 is 5.32 Å². The van der Waals surface area contributed by atoms with Gasteiger partial charge < -0.3 is 5.32 Å². The third kappa shape index (κ3) is 2.50. The van der Waals surface area contributed by atoms with Gasteiger partial charge in [-0.3, -0.25) is 9.59 Å². The number of carbonyl (C=O) groups excluding carboxylic acids is 2. The Morgan fingerprint density at radius 2 is 1.81 bits per heavy atom. The Balaban J connectivity index is 1.87. The maximum Gasteiger partial charge on any atom is 0.251 e. The lowest BCUT2D eigenvalue weighted by atomic mass is 10.1. The third-order valence-electron chi connectivity index (χ3n) is 3.68. The van der Waals surface area contributed by atoms with E-state index in [-0.39, 0.29) is 11.7 Å². The predicted molar refractivity (Wildman–Crippen MR) is 82.3 cm³/mol. The predicted octanol–water partition coefficient (Wildman–Crippen LogP) is 2.87. The van der Waals surface area contributed by atoms with Crippen molar-refractivity contribution >= 4 is 17.8 Å². The molecule has 0 spiro atoms. The Bertz CT molecular complexity index is 742. The molecule has 3 rings (SSSR count). The molecule has 104 valence electrons. The summed E-state index contributed by atoms with van der Waals surface area (Å²) < 4.78 is 0. The highest BCUT2D eigenvalue weighted by Crippen LogP contribution is 2.27. The fraction of sp³-hybridized carbons (Fsp3) is 0.111. The Hall–Kier alpha value is -2.68. The lowest BCUT2D eigenvalue weighted by molar-refractivity contribution is 0.0962. The summed E-state index contributed by atoms with van der Waals surface area (Å²) in [6.45, 7) is 0. The molecule has 0 aliphatic heterocycles. The van der Waals surface area contributed by atoms with E-state index in [4.69, 9.17) is 0 Å². The second kappa shape index (κ2) is 5.37. The number of ketones is 1. The first-order valence-electron chi connectivity index (χ1n) is 6.84. The summed E-state index contributed by atoms with van der Waals surface area (Å²) in [4.78, 5) is 23.8. The number of carbonyl (C=O) groups is 2. The van der Waals surface area contributed by atoms with Gasteiger partial charge >= 0.3 is 0 Å². The zero-order chi connectivity index (χ0) is 14.8. The molecule has 2 aromatic rings. The first-order chi connectivity index (χ1) is 10.2. The van der Waals surface area contributed by atoms with Gasteiger partial charge in [-0.05, 0) is 29.3 Å².